The highest BCUT2D eigenvalue weighted by molar-refractivity contribution is 7.13. The van der Waals surface area contributed by atoms with E-state index in [-0.39, 0.29) is 12.5 Å². The van der Waals surface area contributed by atoms with Gasteiger partial charge < -0.3 is 10.0 Å². The Hall–Kier alpha value is -1.47. The van der Waals surface area contributed by atoms with Crippen LogP contribution in [0.1, 0.15) is 26.8 Å². The molecule has 20 heavy (non-hydrogen) atoms. The number of aliphatic carboxylic acids is 1. The molecule has 0 spiro atoms. The van der Waals surface area contributed by atoms with Crippen molar-refractivity contribution in [2.75, 3.05) is 32.7 Å². The van der Waals surface area contributed by atoms with Crippen LogP contribution >= 0.6 is 11.3 Å². The molecule has 1 fully saturated rings. The van der Waals surface area contributed by atoms with Crippen LogP contribution in [0.15, 0.2) is 0 Å². The van der Waals surface area contributed by atoms with Gasteiger partial charge in [-0.2, -0.15) is 0 Å². The molecular weight excluding hydrogens is 278 g/mol. The predicted molar refractivity (Wildman–Crippen MR) is 76.2 cm³/mol. The Morgan fingerprint density at radius 3 is 2.60 bits per heavy atom. The van der Waals surface area contributed by atoms with E-state index in [4.69, 9.17) is 5.11 Å². The van der Waals surface area contributed by atoms with Gasteiger partial charge in [0.2, 0.25) is 0 Å². The van der Waals surface area contributed by atoms with Crippen LogP contribution in [0.25, 0.3) is 0 Å². The number of aryl methyl sites for hydroxylation is 2. The largest absolute Gasteiger partial charge is 0.480 e. The summed E-state index contributed by atoms with van der Waals surface area (Å²) in [6.45, 7) is 6.36. The third-order valence-electron chi connectivity index (χ3n) is 3.33. The van der Waals surface area contributed by atoms with Crippen molar-refractivity contribution in [3.05, 3.63) is 15.6 Å². The van der Waals surface area contributed by atoms with E-state index in [1.165, 1.54) is 11.3 Å². The first-order valence-electron chi connectivity index (χ1n) is 6.65. The van der Waals surface area contributed by atoms with E-state index in [2.05, 4.69) is 4.98 Å². The maximum atomic E-state index is 12.5. The van der Waals surface area contributed by atoms with Crippen LogP contribution in [0.2, 0.25) is 0 Å². The van der Waals surface area contributed by atoms with Crippen LogP contribution in [0, 0.1) is 13.8 Å². The number of aromatic nitrogens is 1. The van der Waals surface area contributed by atoms with E-state index in [0.29, 0.717) is 24.5 Å². The van der Waals surface area contributed by atoms with Gasteiger partial charge in [0.05, 0.1) is 17.2 Å². The lowest BCUT2D eigenvalue weighted by Gasteiger charge is -2.20. The molecular formula is C13H19N3O3S. The van der Waals surface area contributed by atoms with Crippen molar-refractivity contribution in [1.82, 2.24) is 14.8 Å². The fraction of sp³-hybridized carbons (Fsp3) is 0.615. The first-order valence-corrected chi connectivity index (χ1v) is 7.46. The molecule has 110 valence electrons. The number of amides is 1. The van der Waals surface area contributed by atoms with E-state index in [1.807, 2.05) is 23.6 Å². The molecule has 0 aromatic carbocycles. The Morgan fingerprint density at radius 1 is 1.25 bits per heavy atom. The first-order chi connectivity index (χ1) is 9.47. The van der Waals surface area contributed by atoms with Crippen LogP contribution in [0.5, 0.6) is 0 Å². The quantitative estimate of drug-likeness (QED) is 0.900. The van der Waals surface area contributed by atoms with Crippen molar-refractivity contribution in [3.8, 4) is 0 Å². The zero-order valence-electron chi connectivity index (χ0n) is 11.8. The lowest BCUT2D eigenvalue weighted by Crippen LogP contribution is -2.36. The molecule has 0 atom stereocenters. The molecule has 1 aromatic rings. The number of rotatable bonds is 3. The Kier molecular flexibility index (Phi) is 4.72. The molecule has 2 rings (SSSR count). The van der Waals surface area contributed by atoms with Crippen LogP contribution in [0.4, 0.5) is 0 Å². The molecule has 1 saturated heterocycles. The molecule has 0 unspecified atom stereocenters. The van der Waals surface area contributed by atoms with Gasteiger partial charge in [-0.25, -0.2) is 4.98 Å². The minimum absolute atomic E-state index is 0.0188. The van der Waals surface area contributed by atoms with E-state index in [1.54, 1.807) is 0 Å². The van der Waals surface area contributed by atoms with Crippen molar-refractivity contribution >= 4 is 23.2 Å². The third kappa shape index (κ3) is 3.55. The number of nitrogens with zero attached hydrogens (tertiary/aromatic N) is 3. The lowest BCUT2D eigenvalue weighted by molar-refractivity contribution is -0.138. The number of hydrogen-bond donors (Lipinski definition) is 1. The predicted octanol–water partition coefficient (Wildman–Crippen LogP) is 0.992. The maximum Gasteiger partial charge on any atom is 0.317 e. The highest BCUT2D eigenvalue weighted by atomic mass is 32.1. The standard InChI is InChI=1S/C13H19N3O3S/c1-9-12(20-10(2)14-9)13(19)16-5-3-4-15(6-7-16)8-11(17)18/h3-8H2,1-2H3,(H,17,18). The van der Waals surface area contributed by atoms with Crippen molar-refractivity contribution in [1.29, 1.82) is 0 Å². The highest BCUT2D eigenvalue weighted by Crippen LogP contribution is 2.20. The SMILES string of the molecule is Cc1nc(C)c(C(=O)N2CCCN(CC(=O)O)CC2)s1. The molecule has 0 aliphatic carbocycles. The Labute approximate surface area is 122 Å². The third-order valence-corrected chi connectivity index (χ3v) is 4.39. The maximum absolute atomic E-state index is 12.5. The van der Waals surface area contributed by atoms with Gasteiger partial charge in [-0.15, -0.1) is 11.3 Å². The van der Waals surface area contributed by atoms with Gasteiger partial charge in [0.15, 0.2) is 0 Å². The molecule has 0 radical (unpaired) electrons. The summed E-state index contributed by atoms with van der Waals surface area (Å²) in [5, 5.41) is 9.72. The number of carboxylic acids is 1. The number of carboxylic acid groups (broad SMARTS) is 1. The van der Waals surface area contributed by atoms with Gasteiger partial charge in [0.1, 0.15) is 4.88 Å². The minimum Gasteiger partial charge on any atom is -0.480 e. The molecule has 6 nitrogen and oxygen atoms in total. The second-order valence-corrected chi connectivity index (χ2v) is 6.17. The minimum atomic E-state index is -0.821. The zero-order valence-corrected chi connectivity index (χ0v) is 12.6. The second kappa shape index (κ2) is 6.32. The summed E-state index contributed by atoms with van der Waals surface area (Å²) in [5.41, 5.74) is 0.782. The molecule has 2 heterocycles. The van der Waals surface area contributed by atoms with Crippen molar-refractivity contribution < 1.29 is 14.7 Å². The first kappa shape index (κ1) is 14.9. The topological polar surface area (TPSA) is 73.7 Å². The normalized spacial score (nSPS) is 17.0. The molecule has 0 saturated carbocycles. The van der Waals surface area contributed by atoms with Gasteiger partial charge in [-0.05, 0) is 20.3 Å². The summed E-state index contributed by atoms with van der Waals surface area (Å²) in [5.74, 6) is -0.802. The molecule has 0 bridgehead atoms. The monoisotopic (exact) mass is 297 g/mol. The highest BCUT2D eigenvalue weighted by Gasteiger charge is 2.24. The van der Waals surface area contributed by atoms with Gasteiger partial charge in [0.25, 0.3) is 5.91 Å². The number of carbonyl (C=O) groups is 2. The van der Waals surface area contributed by atoms with Crippen LogP contribution in [-0.4, -0.2) is 64.5 Å². The fourth-order valence-corrected chi connectivity index (χ4v) is 3.28. The summed E-state index contributed by atoms with van der Waals surface area (Å²) < 4.78 is 0. The molecule has 1 amide bonds. The van der Waals surface area contributed by atoms with E-state index in [0.717, 1.165) is 23.7 Å². The van der Waals surface area contributed by atoms with E-state index in [9.17, 15) is 9.59 Å². The van der Waals surface area contributed by atoms with Crippen LogP contribution < -0.4 is 0 Å². The molecule has 7 heteroatoms. The van der Waals surface area contributed by atoms with Crippen LogP contribution in [-0.2, 0) is 4.79 Å². The van der Waals surface area contributed by atoms with Crippen molar-refractivity contribution in [2.45, 2.75) is 20.3 Å². The van der Waals surface area contributed by atoms with Crippen LogP contribution in [0.3, 0.4) is 0 Å². The Morgan fingerprint density at radius 2 is 2.00 bits per heavy atom. The lowest BCUT2D eigenvalue weighted by atomic mass is 10.3. The summed E-state index contributed by atoms with van der Waals surface area (Å²) in [6, 6.07) is 0. The molecule has 1 aromatic heterocycles. The van der Waals surface area contributed by atoms with E-state index >= 15 is 0 Å². The molecule has 1 aliphatic heterocycles. The Balaban J connectivity index is 2.01. The fourth-order valence-electron chi connectivity index (χ4n) is 2.40. The molecule has 1 N–H and O–H groups in total. The Bertz CT molecular complexity index is 515. The average Bonchev–Trinajstić information content (AvgIpc) is 2.58. The van der Waals surface area contributed by atoms with Crippen molar-refractivity contribution in [3.63, 3.8) is 0 Å². The van der Waals surface area contributed by atoms with Gasteiger partial charge >= 0.3 is 5.97 Å². The van der Waals surface area contributed by atoms with Gasteiger partial charge in [-0.3, -0.25) is 14.5 Å². The second-order valence-electron chi connectivity index (χ2n) is 4.96. The summed E-state index contributed by atoms with van der Waals surface area (Å²) in [7, 11) is 0. The molecule has 1 aliphatic rings. The average molecular weight is 297 g/mol. The number of hydrogen-bond acceptors (Lipinski definition) is 5. The van der Waals surface area contributed by atoms with E-state index < -0.39 is 5.97 Å². The summed E-state index contributed by atoms with van der Waals surface area (Å²) in [4.78, 5) is 31.9. The summed E-state index contributed by atoms with van der Waals surface area (Å²) in [6.07, 6.45) is 0.801. The smallest absolute Gasteiger partial charge is 0.317 e. The number of thiazole rings is 1. The van der Waals surface area contributed by atoms with Gasteiger partial charge in [0, 0.05) is 26.2 Å². The van der Waals surface area contributed by atoms with Gasteiger partial charge in [-0.1, -0.05) is 0 Å². The van der Waals surface area contributed by atoms with Crippen molar-refractivity contribution in [2.24, 2.45) is 0 Å². The zero-order chi connectivity index (χ0) is 14.7. The number of carbonyl (C=O) groups excluding carboxylic acids is 1. The summed E-state index contributed by atoms with van der Waals surface area (Å²) >= 11 is 1.42.